The van der Waals surface area contributed by atoms with E-state index >= 15 is 0 Å². The Morgan fingerprint density at radius 1 is 1.12 bits per heavy atom. The monoisotopic (exact) mass is 344 g/mol. The molecule has 0 saturated carbocycles. The van der Waals surface area contributed by atoms with Gasteiger partial charge in [0.05, 0.1) is 0 Å². The number of benzene rings is 2. The zero-order valence-electron chi connectivity index (χ0n) is 13.1. The predicted molar refractivity (Wildman–Crippen MR) is 93.4 cm³/mol. The molecular formula is C18H17ClN2O3. The Morgan fingerprint density at radius 3 is 2.58 bits per heavy atom. The summed E-state index contributed by atoms with van der Waals surface area (Å²) in [4.78, 5) is 23.3. The zero-order valence-corrected chi connectivity index (χ0v) is 13.8. The van der Waals surface area contributed by atoms with Gasteiger partial charge in [-0.05, 0) is 48.4 Å². The minimum absolute atomic E-state index is 0.190. The van der Waals surface area contributed by atoms with Gasteiger partial charge in [-0.2, -0.15) is 0 Å². The van der Waals surface area contributed by atoms with Crippen molar-refractivity contribution in [3.8, 4) is 5.75 Å². The number of hydrogen-bond acceptors (Lipinski definition) is 3. The molecule has 0 saturated heterocycles. The van der Waals surface area contributed by atoms with Gasteiger partial charge < -0.3 is 4.74 Å². The molecule has 0 heterocycles. The van der Waals surface area contributed by atoms with E-state index in [1.807, 2.05) is 25.1 Å². The molecule has 0 radical (unpaired) electrons. The van der Waals surface area contributed by atoms with Crippen molar-refractivity contribution in [3.05, 3.63) is 70.8 Å². The standard InChI is InChI=1S/C18H17ClN2O3/c1-13-3-2-4-16(11-13)24-12-18(23)21-20-17(22)10-7-14-5-8-15(19)9-6-14/h2-11H,12H2,1H3,(H,20,22)(H,21,23)/b10-7+. The fourth-order valence-corrected chi connectivity index (χ4v) is 1.93. The summed E-state index contributed by atoms with van der Waals surface area (Å²) in [5, 5.41) is 0.623. The minimum Gasteiger partial charge on any atom is -0.484 e. The van der Waals surface area contributed by atoms with Gasteiger partial charge in [-0.25, -0.2) is 0 Å². The number of aryl methyl sites for hydroxylation is 1. The average Bonchev–Trinajstić information content (AvgIpc) is 2.57. The molecule has 2 amide bonds. The number of halogens is 1. The molecule has 0 unspecified atom stereocenters. The Labute approximate surface area is 145 Å². The van der Waals surface area contributed by atoms with Crippen LogP contribution >= 0.6 is 11.6 Å². The van der Waals surface area contributed by atoms with Crippen LogP contribution in [0.4, 0.5) is 0 Å². The predicted octanol–water partition coefficient (Wildman–Crippen LogP) is 2.89. The Balaban J connectivity index is 1.72. The second-order valence-electron chi connectivity index (χ2n) is 5.03. The van der Waals surface area contributed by atoms with Crippen LogP contribution in [0.15, 0.2) is 54.6 Å². The third kappa shape index (κ3) is 6.14. The highest BCUT2D eigenvalue weighted by molar-refractivity contribution is 6.30. The average molecular weight is 345 g/mol. The van der Waals surface area contributed by atoms with Gasteiger partial charge in [0.25, 0.3) is 11.8 Å². The van der Waals surface area contributed by atoms with E-state index in [2.05, 4.69) is 10.9 Å². The molecule has 0 aliphatic carbocycles. The summed E-state index contributed by atoms with van der Waals surface area (Å²) in [6, 6.07) is 14.4. The Hall–Kier alpha value is -2.79. The second kappa shape index (κ2) is 8.74. The summed E-state index contributed by atoms with van der Waals surface area (Å²) in [6.45, 7) is 1.74. The van der Waals surface area contributed by atoms with Crippen LogP contribution in [0, 0.1) is 6.92 Å². The molecule has 0 bridgehead atoms. The van der Waals surface area contributed by atoms with Crippen molar-refractivity contribution in [2.75, 3.05) is 6.61 Å². The highest BCUT2D eigenvalue weighted by Gasteiger charge is 2.04. The van der Waals surface area contributed by atoms with E-state index in [4.69, 9.17) is 16.3 Å². The summed E-state index contributed by atoms with van der Waals surface area (Å²) in [5.74, 6) is -0.308. The van der Waals surface area contributed by atoms with Gasteiger partial charge >= 0.3 is 0 Å². The highest BCUT2D eigenvalue weighted by atomic mass is 35.5. The fraction of sp³-hybridized carbons (Fsp3) is 0.111. The molecule has 0 aromatic heterocycles. The van der Waals surface area contributed by atoms with Gasteiger partial charge in [0.2, 0.25) is 0 Å². The van der Waals surface area contributed by atoms with Crippen LogP contribution in [0.3, 0.4) is 0 Å². The third-order valence-electron chi connectivity index (χ3n) is 2.98. The van der Waals surface area contributed by atoms with Crippen LogP contribution in [0.1, 0.15) is 11.1 Å². The molecule has 2 aromatic carbocycles. The van der Waals surface area contributed by atoms with Crippen molar-refractivity contribution in [2.24, 2.45) is 0 Å². The highest BCUT2D eigenvalue weighted by Crippen LogP contribution is 2.12. The maximum absolute atomic E-state index is 11.6. The van der Waals surface area contributed by atoms with Crippen LogP contribution in [0.25, 0.3) is 6.08 Å². The van der Waals surface area contributed by atoms with E-state index in [9.17, 15) is 9.59 Å². The molecule has 2 aromatic rings. The van der Waals surface area contributed by atoms with Gasteiger partial charge in [-0.3, -0.25) is 20.4 Å². The summed E-state index contributed by atoms with van der Waals surface area (Å²) in [6.07, 6.45) is 2.92. The van der Waals surface area contributed by atoms with Crippen LogP contribution < -0.4 is 15.6 Å². The first-order valence-electron chi connectivity index (χ1n) is 7.25. The summed E-state index contributed by atoms with van der Waals surface area (Å²) < 4.78 is 5.33. The molecule has 0 spiro atoms. The minimum atomic E-state index is -0.454. The lowest BCUT2D eigenvalue weighted by molar-refractivity contribution is -0.128. The maximum atomic E-state index is 11.6. The molecular weight excluding hydrogens is 328 g/mol. The Kier molecular flexibility index (Phi) is 6.40. The number of carbonyl (C=O) groups excluding carboxylic acids is 2. The first kappa shape index (κ1) is 17.6. The molecule has 0 aliphatic rings. The van der Waals surface area contributed by atoms with Gasteiger partial charge in [0.15, 0.2) is 6.61 Å². The van der Waals surface area contributed by atoms with E-state index in [0.717, 1.165) is 11.1 Å². The van der Waals surface area contributed by atoms with Crippen LogP contribution in [0.2, 0.25) is 5.02 Å². The van der Waals surface area contributed by atoms with Gasteiger partial charge in [-0.1, -0.05) is 35.9 Å². The van der Waals surface area contributed by atoms with E-state index in [1.165, 1.54) is 6.08 Å². The summed E-state index contributed by atoms with van der Waals surface area (Å²) >= 11 is 5.78. The SMILES string of the molecule is Cc1cccc(OCC(=O)NNC(=O)/C=C/c2ccc(Cl)cc2)c1. The van der Waals surface area contributed by atoms with Crippen molar-refractivity contribution >= 4 is 29.5 Å². The number of rotatable bonds is 5. The molecule has 0 atom stereocenters. The van der Waals surface area contributed by atoms with Crippen molar-refractivity contribution in [1.82, 2.24) is 10.9 Å². The molecule has 2 N–H and O–H groups in total. The molecule has 0 fully saturated rings. The molecule has 6 heteroatoms. The molecule has 24 heavy (non-hydrogen) atoms. The van der Waals surface area contributed by atoms with E-state index in [1.54, 1.807) is 36.4 Å². The van der Waals surface area contributed by atoms with Crippen molar-refractivity contribution < 1.29 is 14.3 Å². The number of amides is 2. The second-order valence-corrected chi connectivity index (χ2v) is 5.46. The number of carbonyl (C=O) groups is 2. The van der Waals surface area contributed by atoms with Crippen LogP contribution in [0.5, 0.6) is 5.75 Å². The maximum Gasteiger partial charge on any atom is 0.276 e. The van der Waals surface area contributed by atoms with E-state index in [0.29, 0.717) is 10.8 Å². The molecule has 2 rings (SSSR count). The van der Waals surface area contributed by atoms with E-state index in [-0.39, 0.29) is 6.61 Å². The quantitative estimate of drug-likeness (QED) is 0.647. The van der Waals surface area contributed by atoms with Crippen LogP contribution in [-0.4, -0.2) is 18.4 Å². The van der Waals surface area contributed by atoms with Gasteiger partial charge in [0.1, 0.15) is 5.75 Å². The fourth-order valence-electron chi connectivity index (χ4n) is 1.81. The first-order valence-corrected chi connectivity index (χ1v) is 7.62. The lowest BCUT2D eigenvalue weighted by Gasteiger charge is -2.08. The van der Waals surface area contributed by atoms with Crippen molar-refractivity contribution in [3.63, 3.8) is 0 Å². The largest absolute Gasteiger partial charge is 0.484 e. The number of ether oxygens (including phenoxy) is 1. The smallest absolute Gasteiger partial charge is 0.276 e. The number of hydrazine groups is 1. The topological polar surface area (TPSA) is 67.4 Å². The zero-order chi connectivity index (χ0) is 17.4. The molecule has 5 nitrogen and oxygen atoms in total. The van der Waals surface area contributed by atoms with Gasteiger partial charge in [0, 0.05) is 11.1 Å². The third-order valence-corrected chi connectivity index (χ3v) is 3.23. The van der Waals surface area contributed by atoms with Gasteiger partial charge in [-0.15, -0.1) is 0 Å². The Bertz CT molecular complexity index is 742. The van der Waals surface area contributed by atoms with Crippen molar-refractivity contribution in [1.29, 1.82) is 0 Å². The number of hydrogen-bond donors (Lipinski definition) is 2. The Morgan fingerprint density at radius 2 is 1.88 bits per heavy atom. The molecule has 124 valence electrons. The number of nitrogens with one attached hydrogen (secondary N) is 2. The van der Waals surface area contributed by atoms with E-state index < -0.39 is 11.8 Å². The van der Waals surface area contributed by atoms with Crippen molar-refractivity contribution in [2.45, 2.75) is 6.92 Å². The first-order chi connectivity index (χ1) is 11.5. The van der Waals surface area contributed by atoms with Crippen LogP contribution in [-0.2, 0) is 9.59 Å². The summed E-state index contributed by atoms with van der Waals surface area (Å²) in [7, 11) is 0. The lowest BCUT2D eigenvalue weighted by Crippen LogP contribution is -2.43. The summed E-state index contributed by atoms with van der Waals surface area (Å²) in [5.41, 5.74) is 6.42. The normalized spacial score (nSPS) is 10.4. The lowest BCUT2D eigenvalue weighted by atomic mass is 10.2. The molecule has 0 aliphatic heterocycles.